The van der Waals surface area contributed by atoms with Crippen LogP contribution in [0.25, 0.3) is 0 Å². The summed E-state index contributed by atoms with van der Waals surface area (Å²) in [6.45, 7) is 2.89. The molecule has 0 radical (unpaired) electrons. The molecule has 0 fully saturated rings. The Morgan fingerprint density at radius 2 is 2.06 bits per heavy atom. The lowest BCUT2D eigenvalue weighted by atomic mass is 10.1. The third-order valence-electron chi connectivity index (χ3n) is 2.34. The van der Waals surface area contributed by atoms with Gasteiger partial charge in [0.2, 0.25) is 0 Å². The molecule has 0 aliphatic heterocycles. The summed E-state index contributed by atoms with van der Waals surface area (Å²) in [6.07, 6.45) is 3.55. The Morgan fingerprint density at radius 1 is 1.38 bits per heavy atom. The van der Waals surface area contributed by atoms with Gasteiger partial charge in [0.1, 0.15) is 12.0 Å². The van der Waals surface area contributed by atoms with Gasteiger partial charge >= 0.3 is 0 Å². The van der Waals surface area contributed by atoms with Gasteiger partial charge in [-0.1, -0.05) is 25.5 Å². The Hall–Kier alpha value is -1.35. The van der Waals surface area contributed by atoms with Crippen molar-refractivity contribution >= 4 is 6.29 Å². The van der Waals surface area contributed by atoms with Gasteiger partial charge in [-0.05, 0) is 30.5 Å². The SMILES string of the molecule is CCCCOc1ccc(CC(N)C=O)cc1. The summed E-state index contributed by atoms with van der Waals surface area (Å²) in [7, 11) is 0. The molecule has 0 saturated carbocycles. The summed E-state index contributed by atoms with van der Waals surface area (Å²) >= 11 is 0. The van der Waals surface area contributed by atoms with Gasteiger partial charge in [-0.15, -0.1) is 0 Å². The molecule has 0 amide bonds. The van der Waals surface area contributed by atoms with Crippen LogP contribution < -0.4 is 10.5 Å². The van der Waals surface area contributed by atoms with Crippen LogP contribution in [0.15, 0.2) is 24.3 Å². The predicted octanol–water partition coefficient (Wildman–Crippen LogP) is 1.93. The summed E-state index contributed by atoms with van der Waals surface area (Å²) < 4.78 is 5.53. The summed E-state index contributed by atoms with van der Waals surface area (Å²) in [5.74, 6) is 0.872. The molecule has 16 heavy (non-hydrogen) atoms. The number of carbonyl (C=O) groups is 1. The van der Waals surface area contributed by atoms with Crippen molar-refractivity contribution in [1.82, 2.24) is 0 Å². The minimum atomic E-state index is -0.410. The minimum Gasteiger partial charge on any atom is -0.494 e. The summed E-state index contributed by atoms with van der Waals surface area (Å²) in [4.78, 5) is 10.4. The maximum Gasteiger partial charge on any atom is 0.137 e. The molecule has 0 spiro atoms. The summed E-state index contributed by atoms with van der Waals surface area (Å²) in [5, 5.41) is 0. The highest BCUT2D eigenvalue weighted by molar-refractivity contribution is 5.57. The number of carbonyl (C=O) groups excluding carboxylic acids is 1. The summed E-state index contributed by atoms with van der Waals surface area (Å²) in [6, 6.07) is 7.33. The van der Waals surface area contributed by atoms with Crippen LogP contribution in [0.4, 0.5) is 0 Å². The average molecular weight is 221 g/mol. The van der Waals surface area contributed by atoms with Crippen molar-refractivity contribution < 1.29 is 9.53 Å². The number of ether oxygens (including phenoxy) is 1. The van der Waals surface area contributed by atoms with Crippen molar-refractivity contribution in [3.05, 3.63) is 29.8 Å². The molecule has 3 nitrogen and oxygen atoms in total. The van der Waals surface area contributed by atoms with Gasteiger partial charge in [0, 0.05) is 0 Å². The normalized spacial score (nSPS) is 12.1. The first-order valence-electron chi connectivity index (χ1n) is 5.69. The monoisotopic (exact) mass is 221 g/mol. The molecule has 0 aromatic heterocycles. The Labute approximate surface area is 96.6 Å². The van der Waals surface area contributed by atoms with Crippen molar-refractivity contribution in [2.45, 2.75) is 32.2 Å². The topological polar surface area (TPSA) is 52.3 Å². The van der Waals surface area contributed by atoms with Gasteiger partial charge in [-0.25, -0.2) is 0 Å². The van der Waals surface area contributed by atoms with Crippen molar-refractivity contribution in [2.24, 2.45) is 5.73 Å². The molecule has 0 saturated heterocycles. The van der Waals surface area contributed by atoms with Crippen molar-refractivity contribution in [3.63, 3.8) is 0 Å². The van der Waals surface area contributed by atoms with Crippen molar-refractivity contribution in [1.29, 1.82) is 0 Å². The van der Waals surface area contributed by atoms with Crippen LogP contribution in [0.1, 0.15) is 25.3 Å². The zero-order chi connectivity index (χ0) is 11.8. The van der Waals surface area contributed by atoms with E-state index >= 15 is 0 Å². The fourth-order valence-electron chi connectivity index (χ4n) is 1.38. The highest BCUT2D eigenvalue weighted by Crippen LogP contribution is 2.13. The summed E-state index contributed by atoms with van der Waals surface area (Å²) in [5.41, 5.74) is 6.60. The largest absolute Gasteiger partial charge is 0.494 e. The quantitative estimate of drug-likeness (QED) is 0.565. The number of hydrogen-bond donors (Lipinski definition) is 1. The maximum absolute atomic E-state index is 10.4. The maximum atomic E-state index is 10.4. The molecule has 2 N–H and O–H groups in total. The predicted molar refractivity (Wildman–Crippen MR) is 64.6 cm³/mol. The average Bonchev–Trinajstić information content (AvgIpc) is 2.31. The smallest absolute Gasteiger partial charge is 0.137 e. The van der Waals surface area contributed by atoms with Crippen molar-refractivity contribution in [3.8, 4) is 5.75 Å². The third kappa shape index (κ3) is 4.45. The first-order valence-corrected chi connectivity index (χ1v) is 5.69. The van der Waals surface area contributed by atoms with Gasteiger partial charge in [0.05, 0.1) is 12.6 Å². The van der Waals surface area contributed by atoms with E-state index in [9.17, 15) is 4.79 Å². The zero-order valence-corrected chi connectivity index (χ0v) is 9.69. The van der Waals surface area contributed by atoms with E-state index in [1.807, 2.05) is 24.3 Å². The fraction of sp³-hybridized carbons (Fsp3) is 0.462. The van der Waals surface area contributed by atoms with Gasteiger partial charge in [-0.3, -0.25) is 0 Å². The highest BCUT2D eigenvalue weighted by Gasteiger charge is 2.02. The van der Waals surface area contributed by atoms with Crippen LogP contribution in [0.2, 0.25) is 0 Å². The lowest BCUT2D eigenvalue weighted by molar-refractivity contribution is -0.108. The lowest BCUT2D eigenvalue weighted by Crippen LogP contribution is -2.23. The number of nitrogens with two attached hydrogens (primary N) is 1. The third-order valence-corrected chi connectivity index (χ3v) is 2.34. The molecule has 0 aliphatic carbocycles. The zero-order valence-electron chi connectivity index (χ0n) is 9.69. The Balaban J connectivity index is 2.44. The Morgan fingerprint density at radius 3 is 2.62 bits per heavy atom. The van der Waals surface area contributed by atoms with Gasteiger partial charge in [-0.2, -0.15) is 0 Å². The molecule has 1 rings (SSSR count). The number of hydrogen-bond acceptors (Lipinski definition) is 3. The Bertz CT molecular complexity index is 308. The molecular formula is C13H19NO2. The Kier molecular flexibility index (Phi) is 5.57. The highest BCUT2D eigenvalue weighted by atomic mass is 16.5. The number of aldehydes is 1. The van der Waals surface area contributed by atoms with E-state index in [1.54, 1.807) is 0 Å². The van der Waals surface area contributed by atoms with Gasteiger partial charge in [0.25, 0.3) is 0 Å². The van der Waals surface area contributed by atoms with Crippen LogP contribution >= 0.6 is 0 Å². The van der Waals surface area contributed by atoms with Crippen LogP contribution in [-0.4, -0.2) is 18.9 Å². The second-order valence-electron chi connectivity index (χ2n) is 3.85. The van der Waals surface area contributed by atoms with Gasteiger partial charge in [0.15, 0.2) is 0 Å². The standard InChI is InChI=1S/C13H19NO2/c1-2-3-8-16-13-6-4-11(5-7-13)9-12(14)10-15/h4-7,10,12H,2-3,8-9,14H2,1H3. The molecule has 1 aromatic carbocycles. The van der Waals surface area contributed by atoms with E-state index in [0.717, 1.165) is 37.0 Å². The fourth-order valence-corrected chi connectivity index (χ4v) is 1.38. The second-order valence-corrected chi connectivity index (χ2v) is 3.85. The number of benzene rings is 1. The van der Waals surface area contributed by atoms with E-state index in [-0.39, 0.29) is 0 Å². The molecular weight excluding hydrogens is 202 g/mol. The lowest BCUT2D eigenvalue weighted by Gasteiger charge is -2.07. The second kappa shape index (κ2) is 7.01. The van der Waals surface area contributed by atoms with Crippen LogP contribution in [0.3, 0.4) is 0 Å². The number of unbranched alkanes of at least 4 members (excludes halogenated alkanes) is 1. The number of rotatable bonds is 7. The molecule has 88 valence electrons. The molecule has 1 aromatic rings. The van der Waals surface area contributed by atoms with Crippen LogP contribution in [0, 0.1) is 0 Å². The van der Waals surface area contributed by atoms with Crippen LogP contribution in [0.5, 0.6) is 5.75 Å². The van der Waals surface area contributed by atoms with Gasteiger partial charge < -0.3 is 15.3 Å². The van der Waals surface area contributed by atoms with E-state index in [2.05, 4.69) is 6.92 Å². The first-order chi connectivity index (χ1) is 7.76. The van der Waals surface area contributed by atoms with E-state index in [1.165, 1.54) is 0 Å². The molecule has 1 unspecified atom stereocenters. The molecule has 1 atom stereocenters. The molecule has 0 bridgehead atoms. The van der Waals surface area contributed by atoms with Crippen molar-refractivity contribution in [2.75, 3.05) is 6.61 Å². The van der Waals surface area contributed by atoms with E-state index in [0.29, 0.717) is 6.42 Å². The molecule has 0 heterocycles. The molecule has 3 heteroatoms. The molecule has 0 aliphatic rings. The minimum absolute atomic E-state index is 0.410. The first kappa shape index (κ1) is 12.7. The van der Waals surface area contributed by atoms with E-state index < -0.39 is 6.04 Å². The van der Waals surface area contributed by atoms with Crippen LogP contribution in [-0.2, 0) is 11.2 Å². The van der Waals surface area contributed by atoms with E-state index in [4.69, 9.17) is 10.5 Å².